The summed E-state index contributed by atoms with van der Waals surface area (Å²) in [5.41, 5.74) is 1.13. The fourth-order valence-corrected chi connectivity index (χ4v) is 1.82. The minimum atomic E-state index is -0.0710. The van der Waals surface area contributed by atoms with Crippen molar-refractivity contribution >= 4 is 17.5 Å². The van der Waals surface area contributed by atoms with Crippen LogP contribution in [0.15, 0.2) is 36.4 Å². The number of carbonyl (C=O) groups is 1. The van der Waals surface area contributed by atoms with Gasteiger partial charge in [0, 0.05) is 11.6 Å². The van der Waals surface area contributed by atoms with Crippen LogP contribution in [0.25, 0.3) is 0 Å². The number of amides is 1. The van der Waals surface area contributed by atoms with Gasteiger partial charge in [0.05, 0.1) is 6.04 Å². The number of rotatable bonds is 5. The molecule has 0 heterocycles. The minimum Gasteiger partial charge on any atom is -0.351 e. The van der Waals surface area contributed by atoms with Gasteiger partial charge in [0.1, 0.15) is 0 Å². The number of hydrogen-bond donors (Lipinski definition) is 1. The van der Waals surface area contributed by atoms with Gasteiger partial charge < -0.3 is 10.2 Å². The Morgan fingerprint density at radius 2 is 2.00 bits per heavy atom. The summed E-state index contributed by atoms with van der Waals surface area (Å²) < 4.78 is 0. The van der Waals surface area contributed by atoms with Crippen LogP contribution >= 0.6 is 11.6 Å². The van der Waals surface area contributed by atoms with E-state index in [2.05, 4.69) is 10.2 Å². The number of allylic oxidation sites excluding steroid dienone is 1. The average molecular weight is 267 g/mol. The average Bonchev–Trinajstić information content (AvgIpc) is 2.31. The lowest BCUT2D eigenvalue weighted by Crippen LogP contribution is -2.33. The van der Waals surface area contributed by atoms with Gasteiger partial charge in [-0.2, -0.15) is 0 Å². The van der Waals surface area contributed by atoms with E-state index in [1.54, 1.807) is 6.08 Å². The second-order valence-electron chi connectivity index (χ2n) is 4.28. The first kappa shape index (κ1) is 14.7. The molecule has 0 spiro atoms. The molecule has 98 valence electrons. The van der Waals surface area contributed by atoms with Crippen LogP contribution in [0.4, 0.5) is 0 Å². The monoisotopic (exact) mass is 266 g/mol. The Balaban J connectivity index is 2.71. The lowest BCUT2D eigenvalue weighted by Gasteiger charge is -2.25. The van der Waals surface area contributed by atoms with E-state index in [9.17, 15) is 4.79 Å². The van der Waals surface area contributed by atoms with Crippen LogP contribution in [0.5, 0.6) is 0 Å². The highest BCUT2D eigenvalue weighted by molar-refractivity contribution is 6.30. The van der Waals surface area contributed by atoms with Crippen molar-refractivity contribution in [3.05, 3.63) is 47.0 Å². The molecule has 0 bridgehead atoms. The maximum Gasteiger partial charge on any atom is 0.243 e. The molecule has 0 saturated carbocycles. The van der Waals surface area contributed by atoms with E-state index in [0.29, 0.717) is 11.6 Å². The molecule has 1 N–H and O–H groups in total. The zero-order valence-corrected chi connectivity index (χ0v) is 11.7. The highest BCUT2D eigenvalue weighted by Gasteiger charge is 2.14. The molecule has 1 rings (SSSR count). The molecule has 18 heavy (non-hydrogen) atoms. The van der Waals surface area contributed by atoms with E-state index in [4.69, 9.17) is 11.6 Å². The van der Waals surface area contributed by atoms with Gasteiger partial charge in [-0.25, -0.2) is 0 Å². The highest BCUT2D eigenvalue weighted by Crippen LogP contribution is 2.19. The molecule has 0 aliphatic heterocycles. The number of benzene rings is 1. The van der Waals surface area contributed by atoms with Gasteiger partial charge in [-0.1, -0.05) is 29.8 Å². The molecule has 1 aromatic carbocycles. The minimum absolute atomic E-state index is 0.0710. The van der Waals surface area contributed by atoms with Crippen LogP contribution < -0.4 is 5.32 Å². The molecule has 0 saturated heterocycles. The first-order chi connectivity index (χ1) is 8.54. The molecular formula is C14H19ClN2O. The third-order valence-corrected chi connectivity index (χ3v) is 2.92. The summed E-state index contributed by atoms with van der Waals surface area (Å²) >= 11 is 5.87. The summed E-state index contributed by atoms with van der Waals surface area (Å²) in [5.74, 6) is -0.0710. The Morgan fingerprint density at radius 1 is 1.39 bits per heavy atom. The van der Waals surface area contributed by atoms with E-state index in [1.165, 1.54) is 6.08 Å². The van der Waals surface area contributed by atoms with E-state index in [1.807, 2.05) is 45.3 Å². The second kappa shape index (κ2) is 7.19. The molecule has 0 aliphatic carbocycles. The Bertz CT molecular complexity index is 412. The highest BCUT2D eigenvalue weighted by atomic mass is 35.5. The molecule has 1 amide bonds. The van der Waals surface area contributed by atoms with Crippen molar-refractivity contribution < 1.29 is 4.79 Å². The van der Waals surface area contributed by atoms with Gasteiger partial charge in [-0.15, -0.1) is 0 Å². The summed E-state index contributed by atoms with van der Waals surface area (Å²) in [7, 11) is 3.97. The smallest absolute Gasteiger partial charge is 0.243 e. The van der Waals surface area contributed by atoms with Crippen LogP contribution in [0, 0.1) is 0 Å². The standard InChI is InChI=1S/C14H19ClN2O/c1-4-5-14(18)16-10-13(17(2)3)11-6-8-12(15)9-7-11/h4-9,13H,10H2,1-3H3,(H,16,18)/b5-4+. The fourth-order valence-electron chi connectivity index (χ4n) is 1.69. The number of hydrogen-bond acceptors (Lipinski definition) is 2. The van der Waals surface area contributed by atoms with Gasteiger partial charge >= 0.3 is 0 Å². The molecule has 0 aliphatic rings. The van der Waals surface area contributed by atoms with E-state index >= 15 is 0 Å². The summed E-state index contributed by atoms with van der Waals surface area (Å²) in [5, 5.41) is 3.59. The Labute approximate surface area is 113 Å². The normalized spacial score (nSPS) is 12.9. The largest absolute Gasteiger partial charge is 0.351 e. The first-order valence-corrected chi connectivity index (χ1v) is 6.24. The van der Waals surface area contributed by atoms with Crippen molar-refractivity contribution in [2.75, 3.05) is 20.6 Å². The second-order valence-corrected chi connectivity index (χ2v) is 4.71. The number of carbonyl (C=O) groups excluding carboxylic acids is 1. The third-order valence-electron chi connectivity index (χ3n) is 2.67. The van der Waals surface area contributed by atoms with Crippen LogP contribution in [-0.2, 0) is 4.79 Å². The third kappa shape index (κ3) is 4.51. The predicted octanol–water partition coefficient (Wildman–Crippen LogP) is 2.64. The molecule has 1 unspecified atom stereocenters. The Kier molecular flexibility index (Phi) is 5.89. The van der Waals surface area contributed by atoms with E-state index in [-0.39, 0.29) is 11.9 Å². The summed E-state index contributed by atoms with van der Waals surface area (Å²) in [6, 6.07) is 7.82. The van der Waals surface area contributed by atoms with Gasteiger partial charge in [0.25, 0.3) is 0 Å². The lowest BCUT2D eigenvalue weighted by atomic mass is 10.1. The number of nitrogens with zero attached hydrogens (tertiary/aromatic N) is 1. The van der Waals surface area contributed by atoms with Crippen molar-refractivity contribution in [2.45, 2.75) is 13.0 Å². The van der Waals surface area contributed by atoms with Crippen molar-refractivity contribution in [1.29, 1.82) is 0 Å². The van der Waals surface area contributed by atoms with E-state index in [0.717, 1.165) is 5.56 Å². The maximum atomic E-state index is 11.4. The van der Waals surface area contributed by atoms with Crippen molar-refractivity contribution in [3.63, 3.8) is 0 Å². The molecule has 1 aromatic rings. The van der Waals surface area contributed by atoms with Gasteiger partial charge in [0.2, 0.25) is 5.91 Å². The zero-order valence-electron chi connectivity index (χ0n) is 11.0. The number of nitrogens with one attached hydrogen (secondary N) is 1. The van der Waals surface area contributed by atoms with Gasteiger partial charge in [0.15, 0.2) is 0 Å². The summed E-state index contributed by atoms with van der Waals surface area (Å²) in [6.07, 6.45) is 3.25. The Morgan fingerprint density at radius 3 is 2.50 bits per heavy atom. The zero-order chi connectivity index (χ0) is 13.5. The summed E-state index contributed by atoms with van der Waals surface area (Å²) in [4.78, 5) is 13.5. The van der Waals surface area contributed by atoms with Crippen molar-refractivity contribution in [3.8, 4) is 0 Å². The van der Waals surface area contributed by atoms with Gasteiger partial charge in [-0.3, -0.25) is 4.79 Å². The molecule has 0 radical (unpaired) electrons. The van der Waals surface area contributed by atoms with Crippen LogP contribution in [-0.4, -0.2) is 31.4 Å². The topological polar surface area (TPSA) is 32.3 Å². The van der Waals surface area contributed by atoms with Crippen molar-refractivity contribution in [1.82, 2.24) is 10.2 Å². The molecule has 3 nitrogen and oxygen atoms in total. The van der Waals surface area contributed by atoms with E-state index < -0.39 is 0 Å². The first-order valence-electron chi connectivity index (χ1n) is 5.87. The SMILES string of the molecule is C/C=C/C(=O)NCC(c1ccc(Cl)cc1)N(C)C. The summed E-state index contributed by atoms with van der Waals surface area (Å²) in [6.45, 7) is 2.39. The number of likely N-dealkylation sites (N-methyl/N-ethyl adjacent to an activating group) is 1. The van der Waals surface area contributed by atoms with Crippen LogP contribution in [0.1, 0.15) is 18.5 Å². The maximum absolute atomic E-state index is 11.4. The fraction of sp³-hybridized carbons (Fsp3) is 0.357. The van der Waals surface area contributed by atoms with Crippen LogP contribution in [0.2, 0.25) is 5.02 Å². The quantitative estimate of drug-likeness (QED) is 0.831. The predicted molar refractivity (Wildman–Crippen MR) is 75.7 cm³/mol. The Hall–Kier alpha value is -1.32. The molecular weight excluding hydrogens is 248 g/mol. The molecule has 4 heteroatoms. The van der Waals surface area contributed by atoms with Crippen LogP contribution in [0.3, 0.4) is 0 Å². The molecule has 0 aromatic heterocycles. The number of halogens is 1. The van der Waals surface area contributed by atoms with Gasteiger partial charge in [-0.05, 0) is 44.8 Å². The molecule has 0 fully saturated rings. The lowest BCUT2D eigenvalue weighted by molar-refractivity contribution is -0.116. The molecule has 1 atom stereocenters. The van der Waals surface area contributed by atoms with Crippen molar-refractivity contribution in [2.24, 2.45) is 0 Å².